The highest BCUT2D eigenvalue weighted by Gasteiger charge is 2.07. The summed E-state index contributed by atoms with van der Waals surface area (Å²) in [5.74, 6) is 0.655. The number of hydrogen-bond acceptors (Lipinski definition) is 3. The Bertz CT molecular complexity index is 558. The van der Waals surface area contributed by atoms with E-state index in [9.17, 15) is 0 Å². The lowest BCUT2D eigenvalue weighted by Crippen LogP contribution is -2.00. The van der Waals surface area contributed by atoms with E-state index in [0.717, 1.165) is 11.1 Å². The highest BCUT2D eigenvalue weighted by atomic mass is 16.7. The second-order valence-electron chi connectivity index (χ2n) is 3.74. The third-order valence-corrected chi connectivity index (χ3v) is 2.53. The standard InChI is InChI=1S/C15H13NO2/c1-17-11-18-15-9-12(10-16)7-8-14(15)13-5-3-2-4-6-13/h2-9H,11H2,1H3. The summed E-state index contributed by atoms with van der Waals surface area (Å²) in [7, 11) is 1.57. The third kappa shape index (κ3) is 2.68. The Labute approximate surface area is 106 Å². The Morgan fingerprint density at radius 2 is 1.89 bits per heavy atom. The summed E-state index contributed by atoms with van der Waals surface area (Å²) in [6.45, 7) is 0.161. The van der Waals surface area contributed by atoms with Crippen LogP contribution in [0.1, 0.15) is 5.56 Å². The zero-order valence-electron chi connectivity index (χ0n) is 10.1. The smallest absolute Gasteiger partial charge is 0.188 e. The van der Waals surface area contributed by atoms with Crippen LogP contribution in [0.2, 0.25) is 0 Å². The zero-order chi connectivity index (χ0) is 12.8. The highest BCUT2D eigenvalue weighted by molar-refractivity contribution is 5.71. The maximum absolute atomic E-state index is 8.91. The van der Waals surface area contributed by atoms with Gasteiger partial charge in [0.25, 0.3) is 0 Å². The third-order valence-electron chi connectivity index (χ3n) is 2.53. The normalized spacial score (nSPS) is 9.78. The molecule has 2 rings (SSSR count). The van der Waals surface area contributed by atoms with Crippen LogP contribution in [0.15, 0.2) is 48.5 Å². The number of ether oxygens (including phenoxy) is 2. The van der Waals surface area contributed by atoms with Crippen LogP contribution in [-0.2, 0) is 4.74 Å². The van der Waals surface area contributed by atoms with E-state index in [-0.39, 0.29) is 6.79 Å². The largest absolute Gasteiger partial charge is 0.467 e. The van der Waals surface area contributed by atoms with Gasteiger partial charge in [-0.3, -0.25) is 0 Å². The van der Waals surface area contributed by atoms with Gasteiger partial charge >= 0.3 is 0 Å². The average Bonchev–Trinajstić information content (AvgIpc) is 2.45. The molecule has 90 valence electrons. The second-order valence-corrected chi connectivity index (χ2v) is 3.74. The monoisotopic (exact) mass is 239 g/mol. The minimum atomic E-state index is 0.161. The second kappa shape index (κ2) is 5.85. The Balaban J connectivity index is 2.43. The average molecular weight is 239 g/mol. The van der Waals surface area contributed by atoms with Crippen molar-refractivity contribution in [3.63, 3.8) is 0 Å². The first-order valence-corrected chi connectivity index (χ1v) is 5.56. The van der Waals surface area contributed by atoms with Crippen molar-refractivity contribution in [3.8, 4) is 22.9 Å². The molecular formula is C15H13NO2. The number of hydrogen-bond donors (Lipinski definition) is 0. The molecule has 0 atom stereocenters. The lowest BCUT2D eigenvalue weighted by atomic mass is 10.0. The fraction of sp³-hybridized carbons (Fsp3) is 0.133. The van der Waals surface area contributed by atoms with Gasteiger partial charge in [-0.25, -0.2) is 0 Å². The van der Waals surface area contributed by atoms with Crippen molar-refractivity contribution in [2.75, 3.05) is 13.9 Å². The lowest BCUT2D eigenvalue weighted by molar-refractivity contribution is 0.0515. The Hall–Kier alpha value is -2.31. The van der Waals surface area contributed by atoms with Gasteiger partial charge in [0.05, 0.1) is 11.6 Å². The molecule has 2 aromatic carbocycles. The van der Waals surface area contributed by atoms with Crippen molar-refractivity contribution in [2.45, 2.75) is 0 Å². The predicted octanol–water partition coefficient (Wildman–Crippen LogP) is 3.21. The highest BCUT2D eigenvalue weighted by Crippen LogP contribution is 2.30. The van der Waals surface area contributed by atoms with Gasteiger partial charge in [0, 0.05) is 12.7 Å². The van der Waals surface area contributed by atoms with E-state index >= 15 is 0 Å². The first-order chi connectivity index (χ1) is 8.85. The van der Waals surface area contributed by atoms with Crippen molar-refractivity contribution >= 4 is 0 Å². The first-order valence-electron chi connectivity index (χ1n) is 5.56. The van der Waals surface area contributed by atoms with E-state index in [2.05, 4.69) is 6.07 Å². The van der Waals surface area contributed by atoms with Gasteiger partial charge in [-0.2, -0.15) is 5.26 Å². The molecule has 3 nitrogen and oxygen atoms in total. The number of nitrogens with zero attached hydrogens (tertiary/aromatic N) is 1. The van der Waals surface area contributed by atoms with E-state index in [1.165, 1.54) is 0 Å². The van der Waals surface area contributed by atoms with Gasteiger partial charge < -0.3 is 9.47 Å². The van der Waals surface area contributed by atoms with Crippen molar-refractivity contribution < 1.29 is 9.47 Å². The van der Waals surface area contributed by atoms with Gasteiger partial charge in [-0.1, -0.05) is 30.3 Å². The topological polar surface area (TPSA) is 42.2 Å². The fourth-order valence-corrected chi connectivity index (χ4v) is 1.69. The van der Waals surface area contributed by atoms with Crippen molar-refractivity contribution in [2.24, 2.45) is 0 Å². The van der Waals surface area contributed by atoms with E-state index < -0.39 is 0 Å². The molecule has 0 aromatic heterocycles. The number of rotatable bonds is 4. The fourth-order valence-electron chi connectivity index (χ4n) is 1.69. The Morgan fingerprint density at radius 3 is 2.56 bits per heavy atom. The maximum atomic E-state index is 8.91. The predicted molar refractivity (Wildman–Crippen MR) is 69.1 cm³/mol. The van der Waals surface area contributed by atoms with E-state index in [0.29, 0.717) is 11.3 Å². The summed E-state index contributed by atoms with van der Waals surface area (Å²) in [4.78, 5) is 0. The zero-order valence-corrected chi connectivity index (χ0v) is 10.1. The van der Waals surface area contributed by atoms with Gasteiger partial charge in [-0.15, -0.1) is 0 Å². The summed E-state index contributed by atoms with van der Waals surface area (Å²) in [6.07, 6.45) is 0. The van der Waals surface area contributed by atoms with Crippen LogP contribution in [0.25, 0.3) is 11.1 Å². The van der Waals surface area contributed by atoms with Crippen LogP contribution >= 0.6 is 0 Å². The van der Waals surface area contributed by atoms with Gasteiger partial charge in [0.2, 0.25) is 0 Å². The molecule has 0 unspecified atom stereocenters. The van der Waals surface area contributed by atoms with Crippen LogP contribution in [-0.4, -0.2) is 13.9 Å². The van der Waals surface area contributed by atoms with E-state index in [4.69, 9.17) is 14.7 Å². The molecule has 0 amide bonds. The molecule has 0 fully saturated rings. The van der Waals surface area contributed by atoms with Gasteiger partial charge in [-0.05, 0) is 23.8 Å². The molecule has 0 radical (unpaired) electrons. The molecule has 0 bridgehead atoms. The number of nitriles is 1. The summed E-state index contributed by atoms with van der Waals surface area (Å²) >= 11 is 0. The summed E-state index contributed by atoms with van der Waals surface area (Å²) < 4.78 is 10.4. The molecule has 0 aliphatic carbocycles. The van der Waals surface area contributed by atoms with Crippen molar-refractivity contribution in [1.29, 1.82) is 5.26 Å². The van der Waals surface area contributed by atoms with Crippen molar-refractivity contribution in [3.05, 3.63) is 54.1 Å². The minimum absolute atomic E-state index is 0.161. The Morgan fingerprint density at radius 1 is 1.11 bits per heavy atom. The van der Waals surface area contributed by atoms with Crippen molar-refractivity contribution in [1.82, 2.24) is 0 Å². The number of methoxy groups -OCH3 is 1. The van der Waals surface area contributed by atoms with Crippen LogP contribution in [0, 0.1) is 11.3 Å². The number of benzene rings is 2. The molecular weight excluding hydrogens is 226 g/mol. The molecule has 0 N–H and O–H groups in total. The minimum Gasteiger partial charge on any atom is -0.467 e. The lowest BCUT2D eigenvalue weighted by Gasteiger charge is -2.11. The summed E-state index contributed by atoms with van der Waals surface area (Å²) in [5, 5.41) is 8.91. The van der Waals surface area contributed by atoms with Crippen LogP contribution < -0.4 is 4.74 Å². The molecule has 2 aromatic rings. The summed E-state index contributed by atoms with van der Waals surface area (Å²) in [5.41, 5.74) is 2.57. The van der Waals surface area contributed by atoms with Gasteiger partial charge in [0.1, 0.15) is 5.75 Å². The molecule has 0 aliphatic heterocycles. The quantitative estimate of drug-likeness (QED) is 0.769. The SMILES string of the molecule is COCOc1cc(C#N)ccc1-c1ccccc1. The molecule has 0 saturated heterocycles. The first kappa shape index (κ1) is 12.2. The molecule has 18 heavy (non-hydrogen) atoms. The van der Waals surface area contributed by atoms with Crippen LogP contribution in [0.5, 0.6) is 5.75 Å². The maximum Gasteiger partial charge on any atom is 0.188 e. The Kier molecular flexibility index (Phi) is 3.95. The van der Waals surface area contributed by atoms with E-state index in [1.54, 1.807) is 19.2 Å². The summed E-state index contributed by atoms with van der Waals surface area (Å²) in [6, 6.07) is 17.4. The van der Waals surface area contributed by atoms with E-state index in [1.807, 2.05) is 36.4 Å². The van der Waals surface area contributed by atoms with Gasteiger partial charge in [0.15, 0.2) is 6.79 Å². The van der Waals surface area contributed by atoms with Crippen LogP contribution in [0.4, 0.5) is 0 Å². The molecule has 3 heteroatoms. The molecule has 0 spiro atoms. The molecule has 0 saturated carbocycles. The molecule has 0 heterocycles. The molecule has 0 aliphatic rings. The van der Waals surface area contributed by atoms with Crippen LogP contribution in [0.3, 0.4) is 0 Å².